The Kier molecular flexibility index (Phi) is 3.34. The Bertz CT molecular complexity index is 762. The van der Waals surface area contributed by atoms with Crippen molar-refractivity contribution < 1.29 is 4.68 Å². The van der Waals surface area contributed by atoms with E-state index in [4.69, 9.17) is 0 Å². The van der Waals surface area contributed by atoms with Crippen molar-refractivity contribution in [3.05, 3.63) is 65.4 Å². The molecule has 0 fully saturated rings. The van der Waals surface area contributed by atoms with Crippen LogP contribution in [0.3, 0.4) is 0 Å². The number of aromatic nitrogens is 3. The molecule has 0 unspecified atom stereocenters. The second-order valence-electron chi connectivity index (χ2n) is 5.50. The van der Waals surface area contributed by atoms with E-state index in [2.05, 4.69) is 56.4 Å². The van der Waals surface area contributed by atoms with Crippen molar-refractivity contribution in [2.75, 3.05) is 0 Å². The van der Waals surface area contributed by atoms with Gasteiger partial charge in [-0.15, -0.1) is 12.1 Å². The first-order chi connectivity index (χ1) is 10.1. The summed E-state index contributed by atoms with van der Waals surface area (Å²) >= 11 is 0. The third-order valence-electron chi connectivity index (χ3n) is 3.65. The van der Waals surface area contributed by atoms with Gasteiger partial charge in [0.05, 0.1) is 22.8 Å². The summed E-state index contributed by atoms with van der Waals surface area (Å²) in [5.74, 6) is 0. The molecule has 21 heavy (non-hydrogen) atoms. The van der Waals surface area contributed by atoms with Gasteiger partial charge in [0.15, 0.2) is 0 Å². The first-order valence-electron chi connectivity index (χ1n) is 7.08. The Morgan fingerprint density at radius 1 is 1.00 bits per heavy atom. The zero-order valence-corrected chi connectivity index (χ0v) is 12.9. The van der Waals surface area contributed by atoms with Crippen molar-refractivity contribution in [3.8, 4) is 16.9 Å². The van der Waals surface area contributed by atoms with Crippen molar-refractivity contribution in [1.82, 2.24) is 9.90 Å². The van der Waals surface area contributed by atoms with E-state index in [-0.39, 0.29) is 0 Å². The Balaban J connectivity index is 2.14. The van der Waals surface area contributed by atoms with Gasteiger partial charge in [0.1, 0.15) is 7.05 Å². The third kappa shape index (κ3) is 2.47. The number of aryl methyl sites for hydroxylation is 4. The summed E-state index contributed by atoms with van der Waals surface area (Å²) in [6, 6.07) is 14.6. The summed E-state index contributed by atoms with van der Waals surface area (Å²) in [7, 11) is 1.95. The monoisotopic (exact) mass is 277 g/mol. The fraction of sp³-hybridized carbons (Fsp3) is 0.222. The first kappa shape index (κ1) is 13.6. The van der Waals surface area contributed by atoms with Gasteiger partial charge in [-0.1, -0.05) is 52.6 Å². The number of rotatable bonds is 2. The highest BCUT2D eigenvalue weighted by molar-refractivity contribution is 5.57. The molecule has 0 spiro atoms. The molecule has 3 aromatic rings. The highest BCUT2D eigenvalue weighted by atomic mass is 15.5. The largest absolute Gasteiger partial charge is 0.207 e. The first-order valence-corrected chi connectivity index (χ1v) is 7.08. The van der Waals surface area contributed by atoms with Gasteiger partial charge in [-0.2, -0.15) is 4.68 Å². The van der Waals surface area contributed by atoms with E-state index in [0.717, 1.165) is 16.9 Å². The van der Waals surface area contributed by atoms with Gasteiger partial charge >= 0.3 is 0 Å². The lowest BCUT2D eigenvalue weighted by atomic mass is 10.1. The number of hydrogen-bond acceptors (Lipinski definition) is 1. The van der Waals surface area contributed by atoms with Crippen molar-refractivity contribution in [2.24, 2.45) is 7.05 Å². The maximum atomic E-state index is 4.59. The second-order valence-corrected chi connectivity index (χ2v) is 5.50. The minimum Gasteiger partial charge on any atom is -0.207 e. The van der Waals surface area contributed by atoms with E-state index in [1.165, 1.54) is 16.7 Å². The quantitative estimate of drug-likeness (QED) is 0.521. The minimum absolute atomic E-state index is 0.981. The summed E-state index contributed by atoms with van der Waals surface area (Å²) in [6.07, 6.45) is 3.38. The van der Waals surface area contributed by atoms with Gasteiger partial charge in [0, 0.05) is 0 Å². The van der Waals surface area contributed by atoms with E-state index in [1.54, 1.807) is 0 Å². The molecule has 106 valence electrons. The molecule has 0 radical (unpaired) electrons. The van der Waals surface area contributed by atoms with Crippen LogP contribution < -0.4 is 4.68 Å². The Labute approximate surface area is 125 Å². The maximum absolute atomic E-state index is 4.59. The molecule has 0 aliphatic heterocycles. The van der Waals surface area contributed by atoms with E-state index in [0.29, 0.717) is 0 Å². The fourth-order valence-electron chi connectivity index (χ4n) is 2.83. The van der Waals surface area contributed by atoms with E-state index in [9.17, 15) is 0 Å². The molecule has 0 aliphatic carbocycles. The highest BCUT2D eigenvalue weighted by Crippen LogP contribution is 2.19. The SMILES string of the molecule is Cc1cc(C)c(-[n+]2[c-]c(-c3ccccc3)n(C)n2)c(C)c1. The van der Waals surface area contributed by atoms with E-state index < -0.39 is 0 Å². The van der Waals surface area contributed by atoms with Crippen LogP contribution in [0, 0.1) is 27.0 Å². The fourth-order valence-corrected chi connectivity index (χ4v) is 2.83. The molecule has 0 saturated carbocycles. The third-order valence-corrected chi connectivity index (χ3v) is 3.65. The zero-order chi connectivity index (χ0) is 15.0. The number of hydrogen-bond donors (Lipinski definition) is 0. The molecule has 2 aromatic carbocycles. The van der Waals surface area contributed by atoms with Crippen LogP contribution in [0.1, 0.15) is 16.7 Å². The summed E-state index contributed by atoms with van der Waals surface area (Å²) in [5, 5.41) is 4.59. The second kappa shape index (κ2) is 5.17. The summed E-state index contributed by atoms with van der Waals surface area (Å²) in [6.45, 7) is 6.35. The Hall–Kier alpha value is -2.42. The van der Waals surface area contributed by atoms with Crippen molar-refractivity contribution in [3.63, 3.8) is 0 Å². The molecule has 0 amide bonds. The van der Waals surface area contributed by atoms with Crippen LogP contribution in [0.4, 0.5) is 0 Å². The predicted octanol–water partition coefficient (Wildman–Crippen LogP) is 3.09. The average Bonchev–Trinajstić information content (AvgIpc) is 2.80. The van der Waals surface area contributed by atoms with Crippen LogP contribution in [0.15, 0.2) is 42.5 Å². The minimum atomic E-state index is 0.981. The lowest BCUT2D eigenvalue weighted by Crippen LogP contribution is -2.35. The average molecular weight is 277 g/mol. The summed E-state index contributed by atoms with van der Waals surface area (Å²) in [4.78, 5) is 0. The van der Waals surface area contributed by atoms with Crippen LogP contribution in [0.25, 0.3) is 16.9 Å². The summed E-state index contributed by atoms with van der Waals surface area (Å²) in [5.41, 5.74) is 6.91. The molecule has 3 nitrogen and oxygen atoms in total. The van der Waals surface area contributed by atoms with Gasteiger partial charge in [0.25, 0.3) is 0 Å². The molecule has 3 rings (SSSR count). The standard InChI is InChI=1S/C18H19N3/c1-13-10-14(2)18(15(3)11-13)21-12-17(20(4)19-21)16-8-6-5-7-9-16/h5-11H,1-4H3. The van der Waals surface area contributed by atoms with Crippen LogP contribution in [-0.4, -0.2) is 9.90 Å². The zero-order valence-electron chi connectivity index (χ0n) is 12.9. The molecule has 1 heterocycles. The number of benzene rings is 2. The smallest absolute Gasteiger partial charge is 0.101 e. The molecular weight excluding hydrogens is 258 g/mol. The number of nitrogens with zero attached hydrogens (tertiary/aromatic N) is 3. The molecule has 0 atom stereocenters. The predicted molar refractivity (Wildman–Crippen MR) is 83.2 cm³/mol. The van der Waals surface area contributed by atoms with Gasteiger partial charge in [-0.25, -0.2) is 4.68 Å². The molecular formula is C18H19N3. The van der Waals surface area contributed by atoms with Gasteiger partial charge < -0.3 is 0 Å². The molecule has 3 heteroatoms. The van der Waals surface area contributed by atoms with E-state index in [1.807, 2.05) is 34.6 Å². The van der Waals surface area contributed by atoms with Gasteiger partial charge in [-0.05, 0) is 20.8 Å². The normalized spacial score (nSPS) is 10.9. The molecule has 0 bridgehead atoms. The van der Waals surface area contributed by atoms with Gasteiger partial charge in [-0.3, -0.25) is 0 Å². The van der Waals surface area contributed by atoms with E-state index >= 15 is 0 Å². The van der Waals surface area contributed by atoms with Gasteiger partial charge in [0.2, 0.25) is 0 Å². The molecule has 0 N–H and O–H groups in total. The maximum Gasteiger partial charge on any atom is 0.101 e. The molecule has 1 aromatic heterocycles. The van der Waals surface area contributed by atoms with Crippen LogP contribution in [0.2, 0.25) is 0 Å². The Morgan fingerprint density at radius 3 is 2.24 bits per heavy atom. The summed E-state index contributed by atoms with van der Waals surface area (Å²) < 4.78 is 3.72. The van der Waals surface area contributed by atoms with Crippen molar-refractivity contribution in [2.45, 2.75) is 20.8 Å². The molecule has 0 saturated heterocycles. The van der Waals surface area contributed by atoms with Crippen molar-refractivity contribution >= 4 is 0 Å². The topological polar surface area (TPSA) is 21.7 Å². The van der Waals surface area contributed by atoms with Crippen LogP contribution >= 0.6 is 0 Å². The van der Waals surface area contributed by atoms with Crippen molar-refractivity contribution in [1.29, 1.82) is 0 Å². The van der Waals surface area contributed by atoms with Crippen LogP contribution in [0.5, 0.6) is 0 Å². The lowest BCUT2D eigenvalue weighted by Gasteiger charge is -2.10. The Morgan fingerprint density at radius 2 is 1.62 bits per heavy atom. The van der Waals surface area contributed by atoms with Crippen LogP contribution in [-0.2, 0) is 7.05 Å². The molecule has 0 aliphatic rings. The highest BCUT2D eigenvalue weighted by Gasteiger charge is 2.12. The lowest BCUT2D eigenvalue weighted by molar-refractivity contribution is -0.666.